The molecule has 0 aliphatic heterocycles. The van der Waals surface area contributed by atoms with Crippen LogP contribution in [0.15, 0.2) is 28.9 Å². The van der Waals surface area contributed by atoms with Gasteiger partial charge in [0, 0.05) is 11.5 Å². The van der Waals surface area contributed by atoms with Crippen LogP contribution < -0.4 is 11.1 Å². The fraction of sp³-hybridized carbons (Fsp3) is 0.0833. The highest BCUT2D eigenvalue weighted by molar-refractivity contribution is 9.10. The topological polar surface area (TPSA) is 96.7 Å². The summed E-state index contributed by atoms with van der Waals surface area (Å²) in [5.74, 6) is -0.410. The van der Waals surface area contributed by atoms with E-state index in [2.05, 4.69) is 26.3 Å². The van der Waals surface area contributed by atoms with E-state index in [1.807, 2.05) is 6.07 Å². The smallest absolute Gasteiger partial charge is 0.276 e. The summed E-state index contributed by atoms with van der Waals surface area (Å²) in [7, 11) is 1.62. The Balaban J connectivity index is 2.35. The van der Waals surface area contributed by atoms with Crippen molar-refractivity contribution in [1.82, 2.24) is 9.78 Å². The van der Waals surface area contributed by atoms with E-state index in [9.17, 15) is 4.79 Å². The highest BCUT2D eigenvalue weighted by atomic mass is 79.9. The van der Waals surface area contributed by atoms with Gasteiger partial charge in [0.2, 0.25) is 0 Å². The molecule has 6 nitrogen and oxygen atoms in total. The third kappa shape index (κ3) is 2.58. The van der Waals surface area contributed by atoms with Gasteiger partial charge in [-0.25, -0.2) is 0 Å². The highest BCUT2D eigenvalue weighted by Gasteiger charge is 2.16. The predicted molar refractivity (Wildman–Crippen MR) is 74.4 cm³/mol. The van der Waals surface area contributed by atoms with Gasteiger partial charge in [-0.3, -0.25) is 9.48 Å². The van der Waals surface area contributed by atoms with Crippen molar-refractivity contribution in [3.05, 3.63) is 40.1 Å². The molecule has 0 atom stereocenters. The first kappa shape index (κ1) is 13.1. The summed E-state index contributed by atoms with van der Waals surface area (Å²) in [5, 5.41) is 15.6. The number of aromatic nitrogens is 2. The minimum absolute atomic E-state index is 0.254. The molecule has 19 heavy (non-hydrogen) atoms. The molecule has 1 aromatic carbocycles. The van der Waals surface area contributed by atoms with E-state index in [1.54, 1.807) is 25.2 Å². The van der Waals surface area contributed by atoms with E-state index < -0.39 is 5.91 Å². The van der Waals surface area contributed by atoms with E-state index >= 15 is 0 Å². The second-order valence-electron chi connectivity index (χ2n) is 3.83. The molecular formula is C12H10BrN5O. The first-order valence-electron chi connectivity index (χ1n) is 5.31. The van der Waals surface area contributed by atoms with E-state index in [4.69, 9.17) is 11.0 Å². The lowest BCUT2D eigenvalue weighted by Crippen LogP contribution is -2.18. The van der Waals surface area contributed by atoms with Gasteiger partial charge < -0.3 is 11.1 Å². The van der Waals surface area contributed by atoms with Crippen LogP contribution in [0.25, 0.3) is 0 Å². The molecule has 7 heteroatoms. The normalized spacial score (nSPS) is 9.95. The van der Waals surface area contributed by atoms with Crippen molar-refractivity contribution >= 4 is 33.2 Å². The number of nitriles is 1. The molecule has 0 aliphatic rings. The van der Waals surface area contributed by atoms with Gasteiger partial charge in [-0.15, -0.1) is 0 Å². The maximum atomic E-state index is 12.1. The van der Waals surface area contributed by atoms with E-state index in [0.717, 1.165) is 4.47 Å². The molecule has 96 valence electrons. The lowest BCUT2D eigenvalue weighted by atomic mass is 10.2. The Morgan fingerprint density at radius 2 is 2.32 bits per heavy atom. The predicted octanol–water partition coefficient (Wildman–Crippen LogP) is 1.89. The fourth-order valence-electron chi connectivity index (χ4n) is 1.63. The molecule has 2 rings (SSSR count). The number of carbonyl (C=O) groups is 1. The molecule has 0 aliphatic carbocycles. The number of benzene rings is 1. The SMILES string of the molecule is Cn1ncc(N)c1C(=O)Nc1cc(Br)ccc1C#N. The van der Waals surface area contributed by atoms with Crippen LogP contribution in [-0.4, -0.2) is 15.7 Å². The Hall–Kier alpha value is -2.33. The van der Waals surface area contributed by atoms with Crippen molar-refractivity contribution in [1.29, 1.82) is 5.26 Å². The monoisotopic (exact) mass is 319 g/mol. The summed E-state index contributed by atoms with van der Waals surface area (Å²) in [6.45, 7) is 0. The van der Waals surface area contributed by atoms with Crippen LogP contribution in [0, 0.1) is 11.3 Å². The molecule has 0 unspecified atom stereocenters. The number of rotatable bonds is 2. The Bertz CT molecular complexity index is 666. The van der Waals surface area contributed by atoms with E-state index in [1.165, 1.54) is 10.9 Å². The molecule has 0 bridgehead atoms. The molecule has 0 saturated carbocycles. The zero-order chi connectivity index (χ0) is 14.0. The van der Waals surface area contributed by atoms with E-state index in [0.29, 0.717) is 11.3 Å². The summed E-state index contributed by atoms with van der Waals surface area (Å²) in [6, 6.07) is 7.02. The molecule has 3 N–H and O–H groups in total. The number of anilines is 2. The van der Waals surface area contributed by atoms with Gasteiger partial charge in [-0.05, 0) is 18.2 Å². The Kier molecular flexibility index (Phi) is 3.53. The number of aryl methyl sites for hydroxylation is 1. The molecule has 1 amide bonds. The number of halogens is 1. The summed E-state index contributed by atoms with van der Waals surface area (Å²) < 4.78 is 2.15. The summed E-state index contributed by atoms with van der Waals surface area (Å²) in [6.07, 6.45) is 1.40. The minimum Gasteiger partial charge on any atom is -0.396 e. The number of nitrogens with two attached hydrogens (primary N) is 1. The molecule has 0 spiro atoms. The fourth-order valence-corrected chi connectivity index (χ4v) is 1.99. The van der Waals surface area contributed by atoms with Crippen molar-refractivity contribution in [3.63, 3.8) is 0 Å². The van der Waals surface area contributed by atoms with E-state index in [-0.39, 0.29) is 11.4 Å². The minimum atomic E-state index is -0.410. The Morgan fingerprint density at radius 1 is 1.58 bits per heavy atom. The Morgan fingerprint density at radius 3 is 2.89 bits per heavy atom. The van der Waals surface area contributed by atoms with Crippen LogP contribution in [0.1, 0.15) is 16.1 Å². The lowest BCUT2D eigenvalue weighted by molar-refractivity contribution is 0.101. The first-order chi connectivity index (χ1) is 9.02. The van der Waals surface area contributed by atoms with Crippen LogP contribution in [0.2, 0.25) is 0 Å². The summed E-state index contributed by atoms with van der Waals surface area (Å²) in [5.41, 5.74) is 7.01. The molecule has 0 fully saturated rings. The first-order valence-corrected chi connectivity index (χ1v) is 6.10. The average Bonchev–Trinajstić information content (AvgIpc) is 2.69. The van der Waals surface area contributed by atoms with Crippen molar-refractivity contribution in [2.75, 3.05) is 11.1 Å². The number of nitrogens with one attached hydrogen (secondary N) is 1. The molecule has 1 aromatic heterocycles. The molecule has 0 radical (unpaired) electrons. The maximum absolute atomic E-state index is 12.1. The van der Waals surface area contributed by atoms with Crippen molar-refractivity contribution < 1.29 is 4.79 Å². The van der Waals surface area contributed by atoms with Gasteiger partial charge in [0.15, 0.2) is 0 Å². The second-order valence-corrected chi connectivity index (χ2v) is 4.74. The van der Waals surface area contributed by atoms with Crippen LogP contribution in [0.4, 0.5) is 11.4 Å². The van der Waals surface area contributed by atoms with Gasteiger partial charge in [-0.1, -0.05) is 15.9 Å². The second kappa shape index (κ2) is 5.12. The molecule has 0 saturated heterocycles. The number of hydrogen-bond acceptors (Lipinski definition) is 4. The standard InChI is InChI=1S/C12H10BrN5O/c1-18-11(9(15)6-16-18)12(19)17-10-4-8(13)3-2-7(10)5-14/h2-4,6H,15H2,1H3,(H,17,19). The van der Waals surface area contributed by atoms with Crippen LogP contribution >= 0.6 is 15.9 Å². The maximum Gasteiger partial charge on any atom is 0.276 e. The van der Waals surface area contributed by atoms with Gasteiger partial charge >= 0.3 is 0 Å². The molecule has 1 heterocycles. The third-order valence-corrected chi connectivity index (χ3v) is 3.03. The lowest BCUT2D eigenvalue weighted by Gasteiger charge is -2.08. The Labute approximate surface area is 118 Å². The number of nitrogen functional groups attached to an aromatic ring is 1. The molecule has 2 aromatic rings. The van der Waals surface area contributed by atoms with Crippen molar-refractivity contribution in [3.8, 4) is 6.07 Å². The van der Waals surface area contributed by atoms with Crippen LogP contribution in [-0.2, 0) is 7.05 Å². The van der Waals surface area contributed by atoms with Crippen molar-refractivity contribution in [2.24, 2.45) is 7.05 Å². The van der Waals surface area contributed by atoms with Crippen LogP contribution in [0.3, 0.4) is 0 Å². The number of amides is 1. The summed E-state index contributed by atoms with van der Waals surface area (Å²) in [4.78, 5) is 12.1. The number of hydrogen-bond donors (Lipinski definition) is 2. The number of nitrogens with zero attached hydrogens (tertiary/aromatic N) is 3. The highest BCUT2D eigenvalue weighted by Crippen LogP contribution is 2.22. The number of carbonyl (C=O) groups excluding carboxylic acids is 1. The zero-order valence-corrected chi connectivity index (χ0v) is 11.6. The third-order valence-electron chi connectivity index (χ3n) is 2.53. The molecular weight excluding hydrogens is 310 g/mol. The average molecular weight is 320 g/mol. The zero-order valence-electron chi connectivity index (χ0n) is 10.0. The largest absolute Gasteiger partial charge is 0.396 e. The van der Waals surface area contributed by atoms with Crippen molar-refractivity contribution in [2.45, 2.75) is 0 Å². The van der Waals surface area contributed by atoms with Gasteiger partial charge in [-0.2, -0.15) is 10.4 Å². The van der Waals surface area contributed by atoms with Gasteiger partial charge in [0.25, 0.3) is 5.91 Å². The van der Waals surface area contributed by atoms with Gasteiger partial charge in [0.1, 0.15) is 11.8 Å². The quantitative estimate of drug-likeness (QED) is 0.883. The van der Waals surface area contributed by atoms with Gasteiger partial charge in [0.05, 0.1) is 23.1 Å². The summed E-state index contributed by atoms with van der Waals surface area (Å²) >= 11 is 3.29. The van der Waals surface area contributed by atoms with Crippen LogP contribution in [0.5, 0.6) is 0 Å².